The van der Waals surface area contributed by atoms with Crippen molar-refractivity contribution in [1.82, 2.24) is 0 Å². The summed E-state index contributed by atoms with van der Waals surface area (Å²) in [5.41, 5.74) is 2.53. The van der Waals surface area contributed by atoms with Crippen molar-refractivity contribution in [3.05, 3.63) is 96.6 Å². The molecule has 0 heterocycles. The third kappa shape index (κ3) is 14.9. The molecule has 0 aliphatic rings. The predicted molar refractivity (Wildman–Crippen MR) is 83.7 cm³/mol. The second-order valence-corrected chi connectivity index (χ2v) is 3.88. The van der Waals surface area contributed by atoms with Gasteiger partial charge in [-0.15, -0.1) is 0 Å². The molecule has 0 aliphatic heterocycles. The molecule has 0 aromatic heterocycles. The summed E-state index contributed by atoms with van der Waals surface area (Å²) in [5, 5.41) is 0. The van der Waals surface area contributed by atoms with Crippen molar-refractivity contribution < 1.29 is 26.2 Å². The molecule has 2 aromatic carbocycles. The quantitative estimate of drug-likeness (QED) is 0.498. The van der Waals surface area contributed by atoms with Crippen molar-refractivity contribution in [3.63, 3.8) is 0 Å². The van der Waals surface area contributed by atoms with Crippen molar-refractivity contribution in [2.75, 3.05) is 0 Å². The molecule has 101 valence electrons. The van der Waals surface area contributed by atoms with Gasteiger partial charge in [-0.1, -0.05) is 20.8 Å². The van der Waals surface area contributed by atoms with E-state index in [1.54, 1.807) is 6.08 Å². The van der Waals surface area contributed by atoms with Crippen LogP contribution in [-0.2, 0) is 26.2 Å². The predicted octanol–water partition coefficient (Wildman–Crippen LogP) is 5.14. The summed E-state index contributed by atoms with van der Waals surface area (Å²) < 4.78 is 0. The summed E-state index contributed by atoms with van der Waals surface area (Å²) in [4.78, 5) is 0. The van der Waals surface area contributed by atoms with Gasteiger partial charge in [0, 0.05) is 0 Å². The molecule has 0 saturated carbocycles. The fourth-order valence-electron chi connectivity index (χ4n) is 1.08. The first-order chi connectivity index (χ1) is 9.20. The van der Waals surface area contributed by atoms with Gasteiger partial charge in [-0.3, -0.25) is 6.58 Å². The molecule has 2 rings (SSSR count). The summed E-state index contributed by atoms with van der Waals surface area (Å²) in [6, 6.07) is 21.7. The average Bonchev–Trinajstić information content (AvgIpc) is 2.43. The fraction of sp³-hybridized carbons (Fsp3) is 0.158. The Hall–Kier alpha value is -1.20. The van der Waals surface area contributed by atoms with E-state index in [-0.39, 0.29) is 26.2 Å². The largest absolute Gasteiger partial charge is 3.00 e. The van der Waals surface area contributed by atoms with Crippen LogP contribution in [0.3, 0.4) is 0 Å². The third-order valence-corrected chi connectivity index (χ3v) is 2.03. The van der Waals surface area contributed by atoms with Crippen LogP contribution in [0.4, 0.5) is 0 Å². The molecule has 0 N–H and O–H groups in total. The van der Waals surface area contributed by atoms with Gasteiger partial charge < -0.3 is 0 Å². The van der Waals surface area contributed by atoms with Gasteiger partial charge in [-0.25, -0.2) is 12.2 Å². The fourth-order valence-corrected chi connectivity index (χ4v) is 1.08. The van der Waals surface area contributed by atoms with Crippen LogP contribution in [0.2, 0.25) is 0 Å². The van der Waals surface area contributed by atoms with E-state index >= 15 is 0 Å². The van der Waals surface area contributed by atoms with Gasteiger partial charge in [-0.05, 0) is 0 Å². The Morgan fingerprint density at radius 2 is 1.40 bits per heavy atom. The van der Waals surface area contributed by atoms with Crippen LogP contribution in [-0.4, -0.2) is 0 Å². The second kappa shape index (κ2) is 15.9. The van der Waals surface area contributed by atoms with Crippen molar-refractivity contribution >= 4 is 0 Å². The zero-order chi connectivity index (χ0) is 14.3. The Balaban J connectivity index is 0. The van der Waals surface area contributed by atoms with Gasteiger partial charge in [-0.2, -0.15) is 77.9 Å². The normalized spacial score (nSPS) is 8.35. The molecular weight excluding hydrogens is 319 g/mol. The van der Waals surface area contributed by atoms with Crippen LogP contribution in [0.5, 0.6) is 0 Å². The maximum Gasteiger partial charge on any atom is 3.00 e. The standard InChI is InChI=1S/2C7H7.C5H7.Zr/c2*1-7-5-3-2-4-6-7;1-3-5-4-2;/h2*2-3,5-6H,1H3;1,3-5H,2H3;/q3*-1;+3/b;;5-4+;. The van der Waals surface area contributed by atoms with Crippen LogP contribution in [0.1, 0.15) is 18.1 Å². The van der Waals surface area contributed by atoms with Gasteiger partial charge in [0.05, 0.1) is 0 Å². The molecule has 0 saturated heterocycles. The van der Waals surface area contributed by atoms with Crippen molar-refractivity contribution in [3.8, 4) is 0 Å². The first-order valence-corrected chi connectivity index (χ1v) is 6.22. The first-order valence-electron chi connectivity index (χ1n) is 6.22. The Morgan fingerprint density at radius 3 is 1.50 bits per heavy atom. The molecule has 0 fully saturated rings. The van der Waals surface area contributed by atoms with E-state index in [4.69, 9.17) is 6.58 Å². The minimum Gasteiger partial charge on any atom is -0.293 e. The molecule has 0 nitrogen and oxygen atoms in total. The molecule has 0 spiro atoms. The van der Waals surface area contributed by atoms with Gasteiger partial charge in [0.2, 0.25) is 0 Å². The second-order valence-electron chi connectivity index (χ2n) is 3.88. The van der Waals surface area contributed by atoms with Gasteiger partial charge in [0.25, 0.3) is 0 Å². The van der Waals surface area contributed by atoms with E-state index in [0.29, 0.717) is 0 Å². The van der Waals surface area contributed by atoms with Crippen molar-refractivity contribution in [2.45, 2.75) is 20.8 Å². The molecular formula is C19H21Zr. The minimum atomic E-state index is 0. The Morgan fingerprint density at radius 1 is 0.950 bits per heavy atom. The molecule has 1 heteroatoms. The number of hydrogen-bond donors (Lipinski definition) is 0. The van der Waals surface area contributed by atoms with E-state index in [9.17, 15) is 0 Å². The number of benzene rings is 2. The molecule has 0 amide bonds. The van der Waals surface area contributed by atoms with E-state index in [0.717, 1.165) is 0 Å². The molecule has 2 aromatic rings. The SMILES string of the molecule is Cc1c[c-]ccc1.Cc1c[c-]ccc1.[CH-]=C/C=C/C.[Zr+3]. The number of hydrogen-bond acceptors (Lipinski definition) is 0. The number of allylic oxidation sites excluding steroid dienone is 3. The van der Waals surface area contributed by atoms with Crippen LogP contribution in [0.15, 0.2) is 66.8 Å². The Bertz CT molecular complexity index is 406. The summed E-state index contributed by atoms with van der Waals surface area (Å²) in [7, 11) is 0. The molecule has 0 atom stereocenters. The van der Waals surface area contributed by atoms with E-state index in [2.05, 4.69) is 38.1 Å². The van der Waals surface area contributed by atoms with Crippen molar-refractivity contribution in [1.29, 1.82) is 0 Å². The minimum absolute atomic E-state index is 0. The average molecular weight is 341 g/mol. The Labute approximate surface area is 143 Å². The van der Waals surface area contributed by atoms with Crippen LogP contribution < -0.4 is 0 Å². The topological polar surface area (TPSA) is 0 Å². The third-order valence-electron chi connectivity index (χ3n) is 2.03. The van der Waals surface area contributed by atoms with E-state index < -0.39 is 0 Å². The van der Waals surface area contributed by atoms with Gasteiger partial charge in [0.15, 0.2) is 0 Å². The zero-order valence-corrected chi connectivity index (χ0v) is 14.9. The summed E-state index contributed by atoms with van der Waals surface area (Å²) >= 11 is 0. The molecule has 20 heavy (non-hydrogen) atoms. The summed E-state index contributed by atoms with van der Waals surface area (Å²) in [6.07, 6.45) is 5.15. The number of rotatable bonds is 1. The smallest absolute Gasteiger partial charge is 0.293 e. The van der Waals surface area contributed by atoms with Gasteiger partial charge in [0.1, 0.15) is 0 Å². The summed E-state index contributed by atoms with van der Waals surface area (Å²) in [6.45, 7) is 11.0. The Kier molecular flexibility index (Phi) is 16.7. The van der Waals surface area contributed by atoms with Crippen molar-refractivity contribution in [2.24, 2.45) is 0 Å². The van der Waals surface area contributed by atoms with Crippen LogP contribution in [0, 0.1) is 32.6 Å². The summed E-state index contributed by atoms with van der Waals surface area (Å²) in [5.74, 6) is 0. The maximum atomic E-state index is 4.93. The van der Waals surface area contributed by atoms with Gasteiger partial charge >= 0.3 is 26.2 Å². The van der Waals surface area contributed by atoms with Crippen LogP contribution >= 0.6 is 0 Å². The van der Waals surface area contributed by atoms with E-state index in [1.807, 2.05) is 49.4 Å². The maximum absolute atomic E-state index is 4.93. The monoisotopic (exact) mass is 339 g/mol. The molecule has 0 bridgehead atoms. The van der Waals surface area contributed by atoms with Crippen LogP contribution in [0.25, 0.3) is 0 Å². The molecule has 1 radical (unpaired) electrons. The number of aryl methyl sites for hydroxylation is 2. The zero-order valence-electron chi connectivity index (χ0n) is 12.4. The first kappa shape index (κ1) is 21.1. The molecule has 0 aliphatic carbocycles. The molecule has 0 unspecified atom stereocenters. The van der Waals surface area contributed by atoms with E-state index in [1.165, 1.54) is 17.2 Å².